The van der Waals surface area contributed by atoms with Crippen LogP contribution < -0.4 is 10.1 Å². The summed E-state index contributed by atoms with van der Waals surface area (Å²) in [5.41, 5.74) is 1.25. The molecule has 0 aliphatic carbocycles. The molecule has 1 aliphatic heterocycles. The number of para-hydroxylation sites is 1. The lowest BCUT2D eigenvalue weighted by Gasteiger charge is -2.18. The molecular formula is C16H18N2O4. The number of methoxy groups -OCH3 is 2. The van der Waals surface area contributed by atoms with Crippen molar-refractivity contribution in [2.45, 2.75) is 12.1 Å². The molecule has 2 heterocycles. The maximum absolute atomic E-state index is 12.6. The van der Waals surface area contributed by atoms with Crippen molar-refractivity contribution in [1.29, 1.82) is 0 Å². The van der Waals surface area contributed by atoms with Gasteiger partial charge in [-0.3, -0.25) is 4.79 Å². The molecule has 1 N–H and O–H groups in total. The molecule has 1 aromatic carbocycles. The molecule has 0 saturated carbocycles. The lowest BCUT2D eigenvalue weighted by Crippen LogP contribution is -2.43. The van der Waals surface area contributed by atoms with Crippen LogP contribution in [-0.2, 0) is 9.47 Å². The van der Waals surface area contributed by atoms with Crippen LogP contribution in [0.5, 0.6) is 5.88 Å². The van der Waals surface area contributed by atoms with Gasteiger partial charge in [0.1, 0.15) is 6.10 Å². The summed E-state index contributed by atoms with van der Waals surface area (Å²) >= 11 is 0. The summed E-state index contributed by atoms with van der Waals surface area (Å²) in [6.07, 6.45) is -0.126. The van der Waals surface area contributed by atoms with Crippen LogP contribution in [0.25, 0.3) is 10.9 Å². The largest absolute Gasteiger partial charge is 0.481 e. The first-order valence-electron chi connectivity index (χ1n) is 7.08. The van der Waals surface area contributed by atoms with Crippen LogP contribution >= 0.6 is 0 Å². The molecule has 1 saturated heterocycles. The van der Waals surface area contributed by atoms with Crippen LogP contribution in [0.1, 0.15) is 10.4 Å². The van der Waals surface area contributed by atoms with Crippen molar-refractivity contribution in [2.75, 3.05) is 27.4 Å². The Morgan fingerprint density at radius 1 is 1.32 bits per heavy atom. The highest BCUT2D eigenvalue weighted by molar-refractivity contribution is 6.06. The minimum absolute atomic E-state index is 0.126. The normalized spacial score (nSPS) is 21.0. The van der Waals surface area contributed by atoms with Crippen LogP contribution in [-0.4, -0.2) is 50.5 Å². The molecule has 116 valence electrons. The van der Waals surface area contributed by atoms with E-state index in [-0.39, 0.29) is 18.1 Å². The number of hydrogen-bond donors (Lipinski definition) is 1. The van der Waals surface area contributed by atoms with Gasteiger partial charge in [0.25, 0.3) is 5.91 Å². The lowest BCUT2D eigenvalue weighted by atomic mass is 10.1. The molecule has 0 unspecified atom stereocenters. The van der Waals surface area contributed by atoms with Crippen molar-refractivity contribution in [3.05, 3.63) is 35.9 Å². The van der Waals surface area contributed by atoms with Gasteiger partial charge in [-0.15, -0.1) is 0 Å². The predicted octanol–water partition coefficient (Wildman–Crippen LogP) is 1.39. The zero-order chi connectivity index (χ0) is 15.5. The molecular weight excluding hydrogens is 284 g/mol. The molecule has 6 heteroatoms. The molecule has 3 rings (SSSR count). The van der Waals surface area contributed by atoms with Gasteiger partial charge in [-0.25, -0.2) is 4.98 Å². The highest BCUT2D eigenvalue weighted by atomic mass is 16.5. The Kier molecular flexibility index (Phi) is 4.22. The minimum Gasteiger partial charge on any atom is -0.481 e. The number of ether oxygens (including phenoxy) is 3. The Morgan fingerprint density at radius 3 is 2.91 bits per heavy atom. The van der Waals surface area contributed by atoms with Gasteiger partial charge in [0.2, 0.25) is 5.88 Å². The van der Waals surface area contributed by atoms with Gasteiger partial charge in [0.05, 0.1) is 37.4 Å². The van der Waals surface area contributed by atoms with E-state index in [0.29, 0.717) is 24.7 Å². The number of carbonyl (C=O) groups is 1. The summed E-state index contributed by atoms with van der Waals surface area (Å²) in [5.74, 6) is 0.226. The summed E-state index contributed by atoms with van der Waals surface area (Å²) in [5, 5.41) is 3.75. The lowest BCUT2D eigenvalue weighted by molar-refractivity contribution is 0.0686. The highest BCUT2D eigenvalue weighted by Crippen LogP contribution is 2.22. The highest BCUT2D eigenvalue weighted by Gasteiger charge is 2.30. The molecule has 1 aliphatic rings. The smallest absolute Gasteiger partial charge is 0.252 e. The van der Waals surface area contributed by atoms with Crippen molar-refractivity contribution in [3.63, 3.8) is 0 Å². The number of hydrogen-bond acceptors (Lipinski definition) is 5. The quantitative estimate of drug-likeness (QED) is 0.924. The molecule has 1 fully saturated rings. The van der Waals surface area contributed by atoms with Crippen molar-refractivity contribution in [3.8, 4) is 5.88 Å². The van der Waals surface area contributed by atoms with Crippen LogP contribution in [0.15, 0.2) is 30.3 Å². The van der Waals surface area contributed by atoms with Crippen molar-refractivity contribution >= 4 is 16.8 Å². The van der Waals surface area contributed by atoms with E-state index in [1.165, 1.54) is 7.11 Å². The molecule has 0 radical (unpaired) electrons. The van der Waals surface area contributed by atoms with Crippen molar-refractivity contribution < 1.29 is 19.0 Å². The second-order valence-electron chi connectivity index (χ2n) is 5.12. The SMILES string of the molecule is COc1cc(C(=O)N[C@H]2COC[C@@H]2OC)c2ccccc2n1. The Labute approximate surface area is 128 Å². The van der Waals surface area contributed by atoms with Crippen LogP contribution in [0.4, 0.5) is 0 Å². The Bertz CT molecular complexity index is 689. The molecule has 1 aromatic heterocycles. The van der Waals surface area contributed by atoms with Gasteiger partial charge in [0.15, 0.2) is 0 Å². The van der Waals surface area contributed by atoms with E-state index in [1.807, 2.05) is 24.3 Å². The summed E-state index contributed by atoms with van der Waals surface area (Å²) in [7, 11) is 3.15. The first kappa shape index (κ1) is 14.7. The molecule has 1 amide bonds. The maximum Gasteiger partial charge on any atom is 0.252 e. The molecule has 6 nitrogen and oxygen atoms in total. The van der Waals surface area contributed by atoms with E-state index in [4.69, 9.17) is 14.2 Å². The number of rotatable bonds is 4. The summed E-state index contributed by atoms with van der Waals surface area (Å²) in [6, 6.07) is 8.97. The third-order valence-corrected chi connectivity index (χ3v) is 3.79. The van der Waals surface area contributed by atoms with Gasteiger partial charge in [0, 0.05) is 18.6 Å². The van der Waals surface area contributed by atoms with E-state index in [9.17, 15) is 4.79 Å². The summed E-state index contributed by atoms with van der Waals surface area (Å²) in [4.78, 5) is 17.0. The topological polar surface area (TPSA) is 69.7 Å². The predicted molar refractivity (Wildman–Crippen MR) is 81.2 cm³/mol. The number of nitrogens with zero attached hydrogens (tertiary/aromatic N) is 1. The number of amides is 1. The standard InChI is InChI=1S/C16H18N2O4/c1-20-14-9-22-8-13(14)18-16(19)11-7-15(21-2)17-12-6-4-3-5-10(11)12/h3-7,13-14H,8-9H2,1-2H3,(H,18,19)/t13-,14-/m0/s1. The Balaban J connectivity index is 1.93. The van der Waals surface area contributed by atoms with E-state index < -0.39 is 0 Å². The molecule has 0 spiro atoms. The summed E-state index contributed by atoms with van der Waals surface area (Å²) in [6.45, 7) is 0.937. The number of carbonyl (C=O) groups excluding carboxylic acids is 1. The van der Waals surface area contributed by atoms with Crippen molar-refractivity contribution in [1.82, 2.24) is 10.3 Å². The monoisotopic (exact) mass is 302 g/mol. The second-order valence-corrected chi connectivity index (χ2v) is 5.12. The first-order chi connectivity index (χ1) is 10.7. The Morgan fingerprint density at radius 2 is 2.14 bits per heavy atom. The Hall–Kier alpha value is -2.18. The number of fused-ring (bicyclic) bond motifs is 1. The minimum atomic E-state index is -0.186. The average molecular weight is 302 g/mol. The van der Waals surface area contributed by atoms with Gasteiger partial charge in [-0.2, -0.15) is 0 Å². The molecule has 2 atom stereocenters. The zero-order valence-corrected chi connectivity index (χ0v) is 12.5. The average Bonchev–Trinajstić information content (AvgIpc) is 3.00. The van der Waals surface area contributed by atoms with Crippen molar-refractivity contribution in [2.24, 2.45) is 0 Å². The fourth-order valence-electron chi connectivity index (χ4n) is 2.59. The number of nitrogens with one attached hydrogen (secondary N) is 1. The van der Waals surface area contributed by atoms with E-state index >= 15 is 0 Å². The maximum atomic E-state index is 12.6. The molecule has 22 heavy (non-hydrogen) atoms. The third-order valence-electron chi connectivity index (χ3n) is 3.79. The fourth-order valence-corrected chi connectivity index (χ4v) is 2.59. The van der Waals surface area contributed by atoms with E-state index in [1.54, 1.807) is 13.2 Å². The van der Waals surface area contributed by atoms with E-state index in [0.717, 1.165) is 10.9 Å². The number of benzene rings is 1. The molecule has 2 aromatic rings. The van der Waals surface area contributed by atoms with E-state index in [2.05, 4.69) is 10.3 Å². The van der Waals surface area contributed by atoms with Crippen LogP contribution in [0.2, 0.25) is 0 Å². The number of aromatic nitrogens is 1. The van der Waals surface area contributed by atoms with Crippen LogP contribution in [0, 0.1) is 0 Å². The van der Waals surface area contributed by atoms with Gasteiger partial charge in [-0.05, 0) is 6.07 Å². The van der Waals surface area contributed by atoms with Crippen LogP contribution in [0.3, 0.4) is 0 Å². The summed E-state index contributed by atoms with van der Waals surface area (Å²) < 4.78 is 15.9. The third kappa shape index (κ3) is 2.75. The van der Waals surface area contributed by atoms with Gasteiger partial charge >= 0.3 is 0 Å². The first-order valence-corrected chi connectivity index (χ1v) is 7.08. The zero-order valence-electron chi connectivity index (χ0n) is 12.5. The molecule has 0 bridgehead atoms. The number of pyridine rings is 1. The van der Waals surface area contributed by atoms with Gasteiger partial charge in [-0.1, -0.05) is 18.2 Å². The fraction of sp³-hybridized carbons (Fsp3) is 0.375. The second kappa shape index (κ2) is 6.29. The van der Waals surface area contributed by atoms with Gasteiger partial charge < -0.3 is 19.5 Å².